The molecular weight excluding hydrogens is 304 g/mol. The lowest BCUT2D eigenvalue weighted by Gasteiger charge is -2.13. The Balaban J connectivity index is 2.40. The Labute approximate surface area is 129 Å². The van der Waals surface area contributed by atoms with E-state index in [2.05, 4.69) is 14.9 Å². The predicted molar refractivity (Wildman–Crippen MR) is 83.3 cm³/mol. The minimum atomic E-state index is -3.81. The molecule has 2 rings (SSSR count). The van der Waals surface area contributed by atoms with Crippen LogP contribution >= 0.6 is 0 Å². The summed E-state index contributed by atoms with van der Waals surface area (Å²) in [5.41, 5.74) is 1.62. The van der Waals surface area contributed by atoms with Crippen molar-refractivity contribution < 1.29 is 13.2 Å². The number of H-pyrrole nitrogens is 1. The third-order valence-electron chi connectivity index (χ3n) is 3.15. The third kappa shape index (κ3) is 3.11. The van der Waals surface area contributed by atoms with Crippen molar-refractivity contribution in [2.24, 2.45) is 0 Å². The SMILES string of the molecule is Cc1ccc(C)c(S(=O)(=O)Nc2[nH]ncc2C(=O)N(C)C)c1. The van der Waals surface area contributed by atoms with E-state index < -0.39 is 10.0 Å². The van der Waals surface area contributed by atoms with Gasteiger partial charge in [0.05, 0.1) is 11.1 Å². The Hall–Kier alpha value is -2.35. The number of carbonyl (C=O) groups excluding carboxylic acids is 1. The molecule has 8 heteroatoms. The molecule has 0 unspecified atom stereocenters. The van der Waals surface area contributed by atoms with E-state index in [-0.39, 0.29) is 22.2 Å². The minimum absolute atomic E-state index is 0.0552. The Morgan fingerprint density at radius 3 is 2.59 bits per heavy atom. The molecule has 1 amide bonds. The molecule has 7 nitrogen and oxygen atoms in total. The van der Waals surface area contributed by atoms with Crippen LogP contribution in [-0.2, 0) is 10.0 Å². The first-order valence-corrected chi connectivity index (χ1v) is 8.06. The molecule has 0 saturated heterocycles. The minimum Gasteiger partial charge on any atom is -0.345 e. The van der Waals surface area contributed by atoms with Crippen LogP contribution in [0.1, 0.15) is 21.5 Å². The quantitative estimate of drug-likeness (QED) is 0.892. The molecule has 0 bridgehead atoms. The first-order chi connectivity index (χ1) is 10.2. The zero-order chi connectivity index (χ0) is 16.5. The number of carbonyl (C=O) groups is 1. The highest BCUT2D eigenvalue weighted by molar-refractivity contribution is 7.92. The maximum Gasteiger partial charge on any atom is 0.263 e. The van der Waals surface area contributed by atoms with Crippen molar-refractivity contribution in [3.05, 3.63) is 41.1 Å². The van der Waals surface area contributed by atoms with E-state index in [0.717, 1.165) is 5.56 Å². The van der Waals surface area contributed by atoms with Gasteiger partial charge in [-0.1, -0.05) is 12.1 Å². The lowest BCUT2D eigenvalue weighted by molar-refractivity contribution is 0.0828. The van der Waals surface area contributed by atoms with Crippen LogP contribution in [0.4, 0.5) is 5.82 Å². The molecule has 0 aliphatic rings. The van der Waals surface area contributed by atoms with Crippen LogP contribution in [0.2, 0.25) is 0 Å². The topological polar surface area (TPSA) is 95.2 Å². The lowest BCUT2D eigenvalue weighted by Crippen LogP contribution is -2.23. The van der Waals surface area contributed by atoms with Crippen LogP contribution in [0.15, 0.2) is 29.3 Å². The number of anilines is 1. The largest absolute Gasteiger partial charge is 0.345 e. The van der Waals surface area contributed by atoms with Gasteiger partial charge in [-0.3, -0.25) is 14.6 Å². The van der Waals surface area contributed by atoms with Crippen molar-refractivity contribution in [1.82, 2.24) is 15.1 Å². The summed E-state index contributed by atoms with van der Waals surface area (Å²) < 4.78 is 27.5. The highest BCUT2D eigenvalue weighted by atomic mass is 32.2. The van der Waals surface area contributed by atoms with Crippen molar-refractivity contribution >= 4 is 21.7 Å². The molecule has 0 aliphatic carbocycles. The highest BCUT2D eigenvalue weighted by Gasteiger charge is 2.22. The molecule has 2 aromatic rings. The maximum atomic E-state index is 12.5. The van der Waals surface area contributed by atoms with Gasteiger partial charge < -0.3 is 4.90 Å². The van der Waals surface area contributed by atoms with Gasteiger partial charge in [0, 0.05) is 14.1 Å². The predicted octanol–water partition coefficient (Wildman–Crippen LogP) is 1.53. The van der Waals surface area contributed by atoms with Crippen LogP contribution in [-0.4, -0.2) is 43.5 Å². The van der Waals surface area contributed by atoms with Gasteiger partial charge in [0.1, 0.15) is 11.4 Å². The number of benzene rings is 1. The monoisotopic (exact) mass is 322 g/mol. The molecule has 0 spiro atoms. The first-order valence-electron chi connectivity index (χ1n) is 6.57. The fraction of sp³-hybridized carbons (Fsp3) is 0.286. The normalized spacial score (nSPS) is 11.3. The van der Waals surface area contributed by atoms with Crippen molar-refractivity contribution in [2.75, 3.05) is 18.8 Å². The number of hydrogen-bond acceptors (Lipinski definition) is 4. The number of aromatic amines is 1. The fourth-order valence-electron chi connectivity index (χ4n) is 1.95. The molecule has 1 aromatic carbocycles. The molecule has 0 fully saturated rings. The van der Waals surface area contributed by atoms with Crippen LogP contribution < -0.4 is 4.72 Å². The zero-order valence-corrected chi connectivity index (χ0v) is 13.7. The number of nitrogens with one attached hydrogen (secondary N) is 2. The van der Waals surface area contributed by atoms with Crippen LogP contribution in [0, 0.1) is 13.8 Å². The number of aromatic nitrogens is 2. The number of aryl methyl sites for hydroxylation is 2. The average Bonchev–Trinajstić information content (AvgIpc) is 2.87. The molecule has 1 heterocycles. The maximum absolute atomic E-state index is 12.5. The summed E-state index contributed by atoms with van der Waals surface area (Å²) in [6.45, 7) is 3.53. The molecule has 0 aliphatic heterocycles. The summed E-state index contributed by atoms with van der Waals surface area (Å²) >= 11 is 0. The van der Waals surface area contributed by atoms with E-state index in [4.69, 9.17) is 0 Å². The van der Waals surface area contributed by atoms with Crippen molar-refractivity contribution in [3.8, 4) is 0 Å². The number of nitrogens with zero attached hydrogens (tertiary/aromatic N) is 2. The van der Waals surface area contributed by atoms with Gasteiger partial charge in [0.15, 0.2) is 0 Å². The van der Waals surface area contributed by atoms with Gasteiger partial charge in [0.25, 0.3) is 15.9 Å². The summed E-state index contributed by atoms with van der Waals surface area (Å²) in [4.78, 5) is 13.5. The Morgan fingerprint density at radius 2 is 1.95 bits per heavy atom. The lowest BCUT2D eigenvalue weighted by atomic mass is 10.2. The smallest absolute Gasteiger partial charge is 0.263 e. The molecule has 0 saturated carbocycles. The standard InChI is InChI=1S/C14H18N4O3S/c1-9-5-6-10(2)12(7-9)22(20,21)17-13-11(8-15-16-13)14(19)18(3)4/h5-8H,1-4H3,(H2,15,16,17). The summed E-state index contributed by atoms with van der Waals surface area (Å²) in [6.07, 6.45) is 1.29. The Bertz CT molecular complexity index is 809. The van der Waals surface area contributed by atoms with E-state index in [1.54, 1.807) is 33.2 Å². The van der Waals surface area contributed by atoms with Gasteiger partial charge in [-0.25, -0.2) is 8.42 Å². The van der Waals surface area contributed by atoms with E-state index in [9.17, 15) is 13.2 Å². The second-order valence-electron chi connectivity index (χ2n) is 5.23. The van der Waals surface area contributed by atoms with Gasteiger partial charge in [-0.05, 0) is 31.0 Å². The summed E-state index contributed by atoms with van der Waals surface area (Å²) in [7, 11) is -0.647. The van der Waals surface area contributed by atoms with Gasteiger partial charge in [-0.2, -0.15) is 5.10 Å². The van der Waals surface area contributed by atoms with Crippen LogP contribution in [0.25, 0.3) is 0 Å². The highest BCUT2D eigenvalue weighted by Crippen LogP contribution is 2.21. The fourth-order valence-corrected chi connectivity index (χ4v) is 3.32. The van der Waals surface area contributed by atoms with E-state index >= 15 is 0 Å². The van der Waals surface area contributed by atoms with Gasteiger partial charge in [0.2, 0.25) is 0 Å². The Kier molecular flexibility index (Phi) is 4.23. The summed E-state index contributed by atoms with van der Waals surface area (Å²) in [6, 6.07) is 5.16. The molecule has 0 radical (unpaired) electrons. The van der Waals surface area contributed by atoms with Crippen molar-refractivity contribution in [3.63, 3.8) is 0 Å². The number of sulfonamides is 1. The second-order valence-corrected chi connectivity index (χ2v) is 6.88. The summed E-state index contributed by atoms with van der Waals surface area (Å²) in [5.74, 6) is -0.285. The average molecular weight is 322 g/mol. The first kappa shape index (κ1) is 16.0. The van der Waals surface area contributed by atoms with Crippen molar-refractivity contribution in [2.45, 2.75) is 18.7 Å². The molecular formula is C14H18N4O3S. The third-order valence-corrected chi connectivity index (χ3v) is 4.64. The number of hydrogen-bond donors (Lipinski definition) is 2. The number of amides is 1. The molecule has 1 aromatic heterocycles. The molecule has 0 atom stereocenters. The zero-order valence-electron chi connectivity index (χ0n) is 12.8. The van der Waals surface area contributed by atoms with E-state index in [1.165, 1.54) is 11.1 Å². The number of rotatable bonds is 4. The second kappa shape index (κ2) is 5.80. The van der Waals surface area contributed by atoms with Crippen LogP contribution in [0.5, 0.6) is 0 Å². The van der Waals surface area contributed by atoms with E-state index in [0.29, 0.717) is 5.56 Å². The summed E-state index contributed by atoms with van der Waals surface area (Å²) in [5, 5.41) is 6.26. The Morgan fingerprint density at radius 1 is 1.27 bits per heavy atom. The molecule has 2 N–H and O–H groups in total. The molecule has 22 heavy (non-hydrogen) atoms. The van der Waals surface area contributed by atoms with E-state index in [1.807, 2.05) is 13.0 Å². The molecule has 118 valence electrons. The van der Waals surface area contributed by atoms with Crippen molar-refractivity contribution in [1.29, 1.82) is 0 Å². The van der Waals surface area contributed by atoms with Gasteiger partial charge in [-0.15, -0.1) is 0 Å². The van der Waals surface area contributed by atoms with Gasteiger partial charge >= 0.3 is 0 Å². The van der Waals surface area contributed by atoms with Crippen LogP contribution in [0.3, 0.4) is 0 Å².